The number of ketones is 1. The molecular formula is C11H9O4-. The van der Waals surface area contributed by atoms with Gasteiger partial charge in [0.05, 0.1) is 7.11 Å². The molecule has 0 saturated carbocycles. The third-order valence-electron chi connectivity index (χ3n) is 1.75. The van der Waals surface area contributed by atoms with Crippen LogP contribution in [0.3, 0.4) is 0 Å². The summed E-state index contributed by atoms with van der Waals surface area (Å²) >= 11 is 0. The molecule has 4 nitrogen and oxygen atoms in total. The van der Waals surface area contributed by atoms with Gasteiger partial charge in [0.1, 0.15) is 11.7 Å². The molecule has 1 aromatic rings. The smallest absolute Gasteiger partial charge is 0.201 e. The van der Waals surface area contributed by atoms with Crippen molar-refractivity contribution in [2.75, 3.05) is 7.11 Å². The highest BCUT2D eigenvalue weighted by Crippen LogP contribution is 2.18. The largest absolute Gasteiger partial charge is 0.541 e. The Morgan fingerprint density at radius 2 is 2.00 bits per heavy atom. The van der Waals surface area contributed by atoms with E-state index in [1.165, 1.54) is 13.2 Å². The minimum Gasteiger partial charge on any atom is -0.541 e. The van der Waals surface area contributed by atoms with Crippen molar-refractivity contribution < 1.29 is 19.4 Å². The number of carbonyl (C=O) groups excluding carboxylic acids is 2. The van der Waals surface area contributed by atoms with Gasteiger partial charge in [-0.15, -0.1) is 0 Å². The molecule has 0 unspecified atom stereocenters. The number of para-hydroxylation sites is 1. The topological polar surface area (TPSA) is 66.4 Å². The van der Waals surface area contributed by atoms with E-state index in [9.17, 15) is 14.7 Å². The maximum Gasteiger partial charge on any atom is 0.201 e. The third-order valence-corrected chi connectivity index (χ3v) is 1.75. The maximum absolute atomic E-state index is 10.7. The zero-order chi connectivity index (χ0) is 11.3. The average molecular weight is 205 g/mol. The molecule has 0 aliphatic rings. The summed E-state index contributed by atoms with van der Waals surface area (Å²) in [7, 11) is 1.49. The lowest BCUT2D eigenvalue weighted by Gasteiger charge is -2.03. The highest BCUT2D eigenvalue weighted by Gasteiger charge is 1.99. The number of carbonyl (C=O) groups is 2. The average Bonchev–Trinajstić information content (AvgIpc) is 2.26. The van der Waals surface area contributed by atoms with E-state index in [4.69, 9.17) is 4.74 Å². The van der Waals surface area contributed by atoms with Crippen LogP contribution in [0.15, 0.2) is 30.3 Å². The number of hydrogen-bond acceptors (Lipinski definition) is 4. The molecule has 0 radical (unpaired) electrons. The Hall–Kier alpha value is -2.10. The normalized spacial score (nSPS) is 10.2. The van der Waals surface area contributed by atoms with E-state index in [2.05, 4.69) is 0 Å². The first kappa shape index (κ1) is 11.0. The summed E-state index contributed by atoms with van der Waals surface area (Å²) in [6, 6.07) is 6.95. The minimum absolute atomic E-state index is 0.569. The summed E-state index contributed by atoms with van der Waals surface area (Å²) in [5.74, 6) is -2.22. The van der Waals surface area contributed by atoms with Crippen molar-refractivity contribution in [2.45, 2.75) is 0 Å². The van der Waals surface area contributed by atoms with Crippen LogP contribution in [0.2, 0.25) is 0 Å². The zero-order valence-electron chi connectivity index (χ0n) is 8.10. The Balaban J connectivity index is 2.89. The first-order chi connectivity index (χ1) is 7.15. The van der Waals surface area contributed by atoms with Gasteiger partial charge in [-0.2, -0.15) is 0 Å². The molecule has 15 heavy (non-hydrogen) atoms. The Bertz CT molecular complexity index is 407. The molecule has 4 heteroatoms. The number of benzene rings is 1. The number of carboxylic acid groups (broad SMARTS) is 1. The molecule has 0 N–H and O–H groups in total. The first-order valence-corrected chi connectivity index (χ1v) is 4.21. The predicted octanol–water partition coefficient (Wildman–Crippen LogP) is 0.0274. The van der Waals surface area contributed by atoms with E-state index < -0.39 is 11.8 Å². The number of ether oxygens (including phenoxy) is 1. The van der Waals surface area contributed by atoms with Crippen molar-refractivity contribution >= 4 is 17.8 Å². The van der Waals surface area contributed by atoms with E-state index in [1.807, 2.05) is 0 Å². The lowest BCUT2D eigenvalue weighted by Crippen LogP contribution is -2.29. The number of rotatable bonds is 4. The summed E-state index contributed by atoms with van der Waals surface area (Å²) in [6.07, 6.45) is 2.31. The van der Waals surface area contributed by atoms with Gasteiger partial charge < -0.3 is 14.6 Å². The van der Waals surface area contributed by atoms with E-state index >= 15 is 0 Å². The van der Waals surface area contributed by atoms with Gasteiger partial charge in [0.25, 0.3) is 0 Å². The van der Waals surface area contributed by atoms with Crippen molar-refractivity contribution in [3.05, 3.63) is 35.9 Å². The van der Waals surface area contributed by atoms with Crippen LogP contribution in [-0.2, 0) is 9.59 Å². The van der Waals surface area contributed by atoms with E-state index in [1.54, 1.807) is 24.3 Å². The quantitative estimate of drug-likeness (QED) is 0.513. The molecule has 0 amide bonds. The first-order valence-electron chi connectivity index (χ1n) is 4.21. The lowest BCUT2D eigenvalue weighted by molar-refractivity contribution is -0.299. The molecule has 0 aromatic heterocycles. The fraction of sp³-hybridized carbons (Fsp3) is 0.0909. The fourth-order valence-corrected chi connectivity index (χ4v) is 1.04. The van der Waals surface area contributed by atoms with Gasteiger partial charge in [-0.05, 0) is 18.2 Å². The number of aliphatic carboxylic acids is 1. The number of hydrogen-bond donors (Lipinski definition) is 0. The molecule has 0 saturated heterocycles. The Labute approximate surface area is 86.8 Å². The fourth-order valence-electron chi connectivity index (χ4n) is 1.04. The van der Waals surface area contributed by atoms with Crippen molar-refractivity contribution in [1.29, 1.82) is 0 Å². The maximum atomic E-state index is 10.7. The second-order valence-corrected chi connectivity index (χ2v) is 2.73. The SMILES string of the molecule is COc1ccccc1/C=C/C(=O)C(=O)[O-]. The van der Waals surface area contributed by atoms with Gasteiger partial charge in [-0.1, -0.05) is 18.2 Å². The van der Waals surface area contributed by atoms with Gasteiger partial charge in [0.15, 0.2) is 0 Å². The van der Waals surface area contributed by atoms with Crippen LogP contribution in [0.25, 0.3) is 6.08 Å². The van der Waals surface area contributed by atoms with Gasteiger partial charge in [0, 0.05) is 5.56 Å². The Morgan fingerprint density at radius 3 is 2.60 bits per heavy atom. The van der Waals surface area contributed by atoms with Crippen LogP contribution in [0.4, 0.5) is 0 Å². The predicted molar refractivity (Wildman–Crippen MR) is 52.0 cm³/mol. The summed E-state index contributed by atoms with van der Waals surface area (Å²) in [5, 5.41) is 10.1. The molecule has 0 atom stereocenters. The summed E-state index contributed by atoms with van der Waals surface area (Å²) in [5.41, 5.74) is 0.634. The molecular weight excluding hydrogens is 196 g/mol. The summed E-state index contributed by atoms with van der Waals surface area (Å²) in [6.45, 7) is 0. The molecule has 0 bridgehead atoms. The van der Waals surface area contributed by atoms with Crippen LogP contribution in [0, 0.1) is 0 Å². The van der Waals surface area contributed by atoms with Crippen LogP contribution in [0.5, 0.6) is 5.75 Å². The molecule has 0 fully saturated rings. The van der Waals surface area contributed by atoms with Gasteiger partial charge in [0.2, 0.25) is 5.78 Å². The van der Waals surface area contributed by atoms with Gasteiger partial charge in [-0.3, -0.25) is 4.79 Å². The monoisotopic (exact) mass is 205 g/mol. The highest BCUT2D eigenvalue weighted by molar-refractivity contribution is 6.37. The van der Waals surface area contributed by atoms with Crippen molar-refractivity contribution in [3.63, 3.8) is 0 Å². The molecule has 78 valence electrons. The zero-order valence-corrected chi connectivity index (χ0v) is 8.10. The third kappa shape index (κ3) is 2.95. The van der Waals surface area contributed by atoms with Crippen LogP contribution >= 0.6 is 0 Å². The van der Waals surface area contributed by atoms with Gasteiger partial charge >= 0.3 is 0 Å². The highest BCUT2D eigenvalue weighted by atomic mass is 16.5. The summed E-state index contributed by atoms with van der Waals surface area (Å²) < 4.78 is 5.01. The summed E-state index contributed by atoms with van der Waals surface area (Å²) in [4.78, 5) is 20.9. The van der Waals surface area contributed by atoms with Crippen molar-refractivity contribution in [3.8, 4) is 5.75 Å². The van der Waals surface area contributed by atoms with E-state index in [0.29, 0.717) is 11.3 Å². The van der Waals surface area contributed by atoms with E-state index in [0.717, 1.165) is 6.08 Å². The minimum atomic E-state index is -1.72. The molecule has 1 rings (SSSR count). The van der Waals surface area contributed by atoms with Gasteiger partial charge in [-0.25, -0.2) is 0 Å². The second kappa shape index (κ2) is 4.95. The van der Waals surface area contributed by atoms with Crippen LogP contribution in [-0.4, -0.2) is 18.9 Å². The number of methoxy groups -OCH3 is 1. The molecule has 0 spiro atoms. The number of carboxylic acids is 1. The van der Waals surface area contributed by atoms with Crippen LogP contribution in [0.1, 0.15) is 5.56 Å². The Morgan fingerprint density at radius 1 is 1.33 bits per heavy atom. The van der Waals surface area contributed by atoms with Crippen molar-refractivity contribution in [1.82, 2.24) is 0 Å². The molecule has 0 aliphatic carbocycles. The lowest BCUT2D eigenvalue weighted by atomic mass is 10.1. The molecule has 1 aromatic carbocycles. The molecule has 0 heterocycles. The standard InChI is InChI=1S/C11H10O4/c1-15-10-5-3-2-4-8(10)6-7-9(12)11(13)14/h2-7H,1H3,(H,13,14)/p-1/b7-6+. The van der Waals surface area contributed by atoms with Crippen molar-refractivity contribution in [2.24, 2.45) is 0 Å². The molecule has 0 aliphatic heterocycles. The second-order valence-electron chi connectivity index (χ2n) is 2.73. The van der Waals surface area contributed by atoms with Crippen LogP contribution < -0.4 is 9.84 Å². The van der Waals surface area contributed by atoms with E-state index in [-0.39, 0.29) is 0 Å². The Kier molecular flexibility index (Phi) is 3.62.